The van der Waals surface area contributed by atoms with Crippen LogP contribution in [0.25, 0.3) is 0 Å². The van der Waals surface area contributed by atoms with Crippen molar-refractivity contribution in [2.75, 3.05) is 32.1 Å². The first kappa shape index (κ1) is 13.9. The zero-order valence-electron chi connectivity index (χ0n) is 11.7. The number of aryl methyl sites for hydroxylation is 1. The van der Waals surface area contributed by atoms with Gasteiger partial charge in [-0.2, -0.15) is 0 Å². The molecule has 1 aliphatic heterocycles. The number of anilines is 1. The second-order valence-electron chi connectivity index (χ2n) is 4.82. The maximum atomic E-state index is 12.3. The molecule has 2 rings (SSSR count). The summed E-state index contributed by atoms with van der Waals surface area (Å²) in [7, 11) is 3.57. The first-order valence-corrected chi connectivity index (χ1v) is 6.88. The highest BCUT2D eigenvalue weighted by atomic mass is 16.5. The molecule has 0 saturated heterocycles. The summed E-state index contributed by atoms with van der Waals surface area (Å²) in [5.74, 6) is 1.000. The molecule has 0 aliphatic carbocycles. The molecule has 1 N–H and O–H groups in total. The fourth-order valence-electron chi connectivity index (χ4n) is 2.58. The zero-order chi connectivity index (χ0) is 13.7. The quantitative estimate of drug-likeness (QED) is 0.825. The van der Waals surface area contributed by atoms with Gasteiger partial charge in [0.25, 0.3) is 0 Å². The largest absolute Gasteiger partial charge is 0.495 e. The number of nitrogens with zero attached hydrogens (tertiary/aromatic N) is 1. The molecular formula is C15H22N2O2. The summed E-state index contributed by atoms with van der Waals surface area (Å²) < 4.78 is 5.41. The molecule has 0 bridgehead atoms. The van der Waals surface area contributed by atoms with Crippen LogP contribution in [0.5, 0.6) is 5.75 Å². The van der Waals surface area contributed by atoms with Gasteiger partial charge in [-0.05, 0) is 44.5 Å². The van der Waals surface area contributed by atoms with Gasteiger partial charge >= 0.3 is 0 Å². The Bertz CT molecular complexity index is 432. The lowest BCUT2D eigenvalue weighted by atomic mass is 10.0. The molecule has 104 valence electrons. The van der Waals surface area contributed by atoms with Gasteiger partial charge in [-0.1, -0.05) is 12.1 Å². The smallest absolute Gasteiger partial charge is 0.227 e. The van der Waals surface area contributed by atoms with E-state index in [4.69, 9.17) is 4.74 Å². The molecule has 4 nitrogen and oxygen atoms in total. The molecule has 1 heterocycles. The number of fused-ring (bicyclic) bond motifs is 1. The minimum Gasteiger partial charge on any atom is -0.495 e. The van der Waals surface area contributed by atoms with Crippen molar-refractivity contribution in [3.63, 3.8) is 0 Å². The molecule has 19 heavy (non-hydrogen) atoms. The maximum Gasteiger partial charge on any atom is 0.227 e. The van der Waals surface area contributed by atoms with E-state index in [0.29, 0.717) is 6.42 Å². The predicted molar refractivity (Wildman–Crippen MR) is 76.8 cm³/mol. The van der Waals surface area contributed by atoms with E-state index >= 15 is 0 Å². The van der Waals surface area contributed by atoms with Crippen LogP contribution in [0.1, 0.15) is 24.8 Å². The number of hydrogen-bond acceptors (Lipinski definition) is 3. The van der Waals surface area contributed by atoms with E-state index in [-0.39, 0.29) is 5.91 Å². The molecule has 0 fully saturated rings. The fraction of sp³-hybridized carbons (Fsp3) is 0.533. The van der Waals surface area contributed by atoms with Gasteiger partial charge in [-0.15, -0.1) is 0 Å². The van der Waals surface area contributed by atoms with Gasteiger partial charge in [-0.25, -0.2) is 0 Å². The molecule has 4 heteroatoms. The summed E-state index contributed by atoms with van der Waals surface area (Å²) in [6.45, 7) is 1.67. The highest BCUT2D eigenvalue weighted by Crippen LogP contribution is 2.36. The van der Waals surface area contributed by atoms with Crippen LogP contribution in [0.15, 0.2) is 18.2 Å². The predicted octanol–water partition coefficient (Wildman–Crippen LogP) is 1.97. The van der Waals surface area contributed by atoms with Crippen LogP contribution < -0.4 is 15.0 Å². The van der Waals surface area contributed by atoms with E-state index in [1.54, 1.807) is 7.11 Å². The average Bonchev–Trinajstić information content (AvgIpc) is 2.46. The average molecular weight is 262 g/mol. The Morgan fingerprint density at radius 2 is 2.32 bits per heavy atom. The Morgan fingerprint density at radius 1 is 1.47 bits per heavy atom. The number of benzene rings is 1. The number of hydrogen-bond donors (Lipinski definition) is 1. The monoisotopic (exact) mass is 262 g/mol. The lowest BCUT2D eigenvalue weighted by Gasteiger charge is -2.31. The molecule has 0 unspecified atom stereocenters. The van der Waals surface area contributed by atoms with E-state index in [9.17, 15) is 4.79 Å². The Kier molecular flexibility index (Phi) is 4.80. The summed E-state index contributed by atoms with van der Waals surface area (Å²) in [5, 5.41) is 3.07. The number of carbonyl (C=O) groups excluding carboxylic acids is 1. The van der Waals surface area contributed by atoms with Gasteiger partial charge in [0.15, 0.2) is 0 Å². The van der Waals surface area contributed by atoms with Crippen molar-refractivity contribution in [3.05, 3.63) is 23.8 Å². The van der Waals surface area contributed by atoms with Crippen LogP contribution >= 0.6 is 0 Å². The van der Waals surface area contributed by atoms with Crippen LogP contribution in [-0.4, -0.2) is 33.2 Å². The fourth-order valence-corrected chi connectivity index (χ4v) is 2.58. The standard InChI is InChI=1S/C15H22N2O2/c1-16-10-4-9-14(18)17-11-5-7-12-6-3-8-13(19-2)15(12)17/h3,6,8,16H,4-5,7,9-11H2,1-2H3. The molecule has 0 atom stereocenters. The third kappa shape index (κ3) is 3.07. The van der Waals surface area contributed by atoms with Crippen molar-refractivity contribution in [2.45, 2.75) is 25.7 Å². The van der Waals surface area contributed by atoms with Crippen molar-refractivity contribution < 1.29 is 9.53 Å². The topological polar surface area (TPSA) is 41.6 Å². The Hall–Kier alpha value is -1.55. The van der Waals surface area contributed by atoms with Crippen molar-refractivity contribution in [3.8, 4) is 5.75 Å². The van der Waals surface area contributed by atoms with E-state index in [2.05, 4.69) is 11.4 Å². The van der Waals surface area contributed by atoms with Crippen molar-refractivity contribution >= 4 is 11.6 Å². The highest BCUT2D eigenvalue weighted by Gasteiger charge is 2.25. The summed E-state index contributed by atoms with van der Waals surface area (Å²) in [5.41, 5.74) is 2.19. The Labute approximate surface area is 114 Å². The first-order valence-electron chi connectivity index (χ1n) is 6.88. The van der Waals surface area contributed by atoms with Crippen LogP contribution in [0, 0.1) is 0 Å². The van der Waals surface area contributed by atoms with Crippen molar-refractivity contribution in [1.82, 2.24) is 5.32 Å². The van der Waals surface area contributed by atoms with E-state index in [1.165, 1.54) is 5.56 Å². The van der Waals surface area contributed by atoms with E-state index in [0.717, 1.165) is 43.8 Å². The lowest BCUT2D eigenvalue weighted by molar-refractivity contribution is -0.118. The molecule has 0 radical (unpaired) electrons. The third-order valence-corrected chi connectivity index (χ3v) is 3.52. The zero-order valence-corrected chi connectivity index (χ0v) is 11.7. The van der Waals surface area contributed by atoms with Gasteiger partial charge in [0, 0.05) is 13.0 Å². The van der Waals surface area contributed by atoms with Crippen LogP contribution in [0.4, 0.5) is 5.69 Å². The second kappa shape index (κ2) is 6.57. The van der Waals surface area contributed by atoms with Gasteiger partial charge in [0.05, 0.1) is 12.8 Å². The summed E-state index contributed by atoms with van der Waals surface area (Å²) in [6.07, 6.45) is 3.50. The molecule has 0 spiro atoms. The van der Waals surface area contributed by atoms with Crippen LogP contribution in [0.2, 0.25) is 0 Å². The van der Waals surface area contributed by atoms with Gasteiger partial charge in [0.2, 0.25) is 5.91 Å². The third-order valence-electron chi connectivity index (χ3n) is 3.52. The van der Waals surface area contributed by atoms with Gasteiger partial charge < -0.3 is 15.0 Å². The molecule has 0 aromatic heterocycles. The van der Waals surface area contributed by atoms with E-state index < -0.39 is 0 Å². The summed E-state index contributed by atoms with van der Waals surface area (Å²) in [4.78, 5) is 14.2. The first-order chi connectivity index (χ1) is 9.27. The summed E-state index contributed by atoms with van der Waals surface area (Å²) in [6, 6.07) is 6.01. The van der Waals surface area contributed by atoms with E-state index in [1.807, 2.05) is 24.1 Å². The molecule has 1 aromatic rings. The Morgan fingerprint density at radius 3 is 3.05 bits per heavy atom. The summed E-state index contributed by atoms with van der Waals surface area (Å²) >= 11 is 0. The van der Waals surface area contributed by atoms with Gasteiger partial charge in [-0.3, -0.25) is 4.79 Å². The minimum atomic E-state index is 0.195. The molecule has 1 aliphatic rings. The normalized spacial score (nSPS) is 14.1. The second-order valence-corrected chi connectivity index (χ2v) is 4.82. The number of amides is 1. The molecule has 1 amide bonds. The number of nitrogens with one attached hydrogen (secondary N) is 1. The molecular weight excluding hydrogens is 240 g/mol. The number of para-hydroxylation sites is 1. The number of ether oxygens (including phenoxy) is 1. The van der Waals surface area contributed by atoms with Crippen LogP contribution in [-0.2, 0) is 11.2 Å². The maximum absolute atomic E-state index is 12.3. The van der Waals surface area contributed by atoms with Crippen LogP contribution in [0.3, 0.4) is 0 Å². The molecule has 1 aromatic carbocycles. The molecule has 0 saturated carbocycles. The van der Waals surface area contributed by atoms with Crippen molar-refractivity contribution in [1.29, 1.82) is 0 Å². The SMILES string of the molecule is CNCCCC(=O)N1CCCc2cccc(OC)c21. The lowest BCUT2D eigenvalue weighted by Crippen LogP contribution is -2.36. The Balaban J connectivity index is 2.18. The number of carbonyl (C=O) groups is 1. The highest BCUT2D eigenvalue weighted by molar-refractivity contribution is 5.96. The van der Waals surface area contributed by atoms with Gasteiger partial charge in [0.1, 0.15) is 5.75 Å². The van der Waals surface area contributed by atoms with Crippen molar-refractivity contribution in [2.24, 2.45) is 0 Å². The number of rotatable bonds is 5. The number of methoxy groups -OCH3 is 1. The minimum absolute atomic E-state index is 0.195.